The van der Waals surface area contributed by atoms with Gasteiger partial charge in [-0.25, -0.2) is 13.1 Å². The second-order valence-corrected chi connectivity index (χ2v) is 10.6. The molecule has 0 bridgehead atoms. The molecule has 6 nitrogen and oxygen atoms in total. The smallest absolute Gasteiger partial charge is 0.240 e. The maximum atomic E-state index is 13.0. The van der Waals surface area contributed by atoms with Gasteiger partial charge in [0.1, 0.15) is 5.75 Å². The van der Waals surface area contributed by atoms with Gasteiger partial charge in [-0.1, -0.05) is 36.4 Å². The number of thiophene rings is 1. The number of hydrogen-bond acceptors (Lipinski definition) is 6. The molecule has 0 unspecified atom stereocenters. The molecule has 2 atom stereocenters. The van der Waals surface area contributed by atoms with Gasteiger partial charge in [-0.2, -0.15) is 0 Å². The van der Waals surface area contributed by atoms with E-state index in [-0.39, 0.29) is 17.0 Å². The fourth-order valence-corrected chi connectivity index (χ4v) is 6.54. The monoisotopic (exact) mass is 471 g/mol. The average Bonchev–Trinajstić information content (AvgIpc) is 3.34. The van der Waals surface area contributed by atoms with Crippen LogP contribution in [0.25, 0.3) is 0 Å². The molecule has 32 heavy (non-hydrogen) atoms. The second kappa shape index (κ2) is 10.0. The minimum absolute atomic E-state index is 0.0340. The molecule has 0 radical (unpaired) electrons. The molecular formula is C24H29N3O3S2. The quantitative estimate of drug-likeness (QED) is 0.538. The first-order chi connectivity index (χ1) is 15.5. The van der Waals surface area contributed by atoms with Crippen LogP contribution in [0.5, 0.6) is 5.75 Å². The van der Waals surface area contributed by atoms with E-state index < -0.39 is 10.0 Å². The molecule has 0 aliphatic carbocycles. The molecule has 0 saturated carbocycles. The summed E-state index contributed by atoms with van der Waals surface area (Å²) in [5.41, 5.74) is 1.10. The van der Waals surface area contributed by atoms with Crippen molar-refractivity contribution in [3.05, 3.63) is 77.0 Å². The van der Waals surface area contributed by atoms with Crippen LogP contribution in [0.3, 0.4) is 0 Å². The maximum Gasteiger partial charge on any atom is 0.240 e. The highest BCUT2D eigenvalue weighted by Gasteiger charge is 2.32. The number of hydrogen-bond donors (Lipinski definition) is 1. The molecule has 4 rings (SSSR count). The van der Waals surface area contributed by atoms with Crippen molar-refractivity contribution in [1.82, 2.24) is 9.62 Å². The fourth-order valence-electron chi connectivity index (χ4n) is 4.31. The normalized spacial score (nSPS) is 17.1. The van der Waals surface area contributed by atoms with E-state index >= 15 is 0 Å². The molecule has 1 N–H and O–H groups in total. The second-order valence-electron chi connectivity index (χ2n) is 7.88. The Morgan fingerprint density at radius 1 is 0.938 bits per heavy atom. The lowest BCUT2D eigenvalue weighted by molar-refractivity contribution is 0.163. The van der Waals surface area contributed by atoms with E-state index in [0.717, 1.165) is 37.6 Å². The lowest BCUT2D eigenvalue weighted by atomic mass is 10.1. The molecule has 1 aliphatic heterocycles. The fraction of sp³-hybridized carbons (Fsp3) is 0.333. The Morgan fingerprint density at radius 3 is 2.28 bits per heavy atom. The zero-order valence-corrected chi connectivity index (χ0v) is 20.0. The molecular weight excluding hydrogens is 442 g/mol. The Labute approximate surface area is 194 Å². The summed E-state index contributed by atoms with van der Waals surface area (Å²) < 4.78 is 34.4. The van der Waals surface area contributed by atoms with Crippen molar-refractivity contribution < 1.29 is 13.2 Å². The number of piperazine rings is 1. The van der Waals surface area contributed by atoms with Crippen LogP contribution in [0.2, 0.25) is 0 Å². The highest BCUT2D eigenvalue weighted by Crippen LogP contribution is 2.33. The first-order valence-electron chi connectivity index (χ1n) is 10.7. The molecule has 170 valence electrons. The van der Waals surface area contributed by atoms with Gasteiger partial charge in [0.05, 0.1) is 23.7 Å². The third kappa shape index (κ3) is 4.99. The van der Waals surface area contributed by atoms with Gasteiger partial charge in [-0.3, -0.25) is 4.90 Å². The predicted molar refractivity (Wildman–Crippen MR) is 130 cm³/mol. The summed E-state index contributed by atoms with van der Waals surface area (Å²) in [6, 6.07) is 20.4. The predicted octanol–water partition coefficient (Wildman–Crippen LogP) is 3.99. The number of para-hydroxylation sites is 2. The van der Waals surface area contributed by atoms with Gasteiger partial charge < -0.3 is 9.64 Å². The summed E-state index contributed by atoms with van der Waals surface area (Å²) >= 11 is 1.67. The first kappa shape index (κ1) is 22.8. The zero-order chi connectivity index (χ0) is 22.6. The molecule has 8 heteroatoms. The van der Waals surface area contributed by atoms with E-state index in [4.69, 9.17) is 4.74 Å². The summed E-state index contributed by atoms with van der Waals surface area (Å²) in [7, 11) is -1.90. The Hall–Kier alpha value is -2.39. The Balaban J connectivity index is 1.51. The third-order valence-corrected chi connectivity index (χ3v) is 8.35. The number of benzene rings is 2. The van der Waals surface area contributed by atoms with Crippen molar-refractivity contribution in [2.45, 2.75) is 23.9 Å². The van der Waals surface area contributed by atoms with Crippen LogP contribution >= 0.6 is 11.3 Å². The summed E-state index contributed by atoms with van der Waals surface area (Å²) in [4.78, 5) is 6.17. The summed E-state index contributed by atoms with van der Waals surface area (Å²) in [5.74, 6) is 0.875. The van der Waals surface area contributed by atoms with E-state index in [1.54, 1.807) is 42.7 Å². The molecule has 0 spiro atoms. The Morgan fingerprint density at radius 2 is 1.62 bits per heavy atom. The van der Waals surface area contributed by atoms with Crippen molar-refractivity contribution in [2.75, 3.05) is 38.2 Å². The third-order valence-electron chi connectivity index (χ3n) is 5.84. The number of nitrogens with one attached hydrogen (secondary N) is 1. The molecule has 2 heterocycles. The number of methoxy groups -OCH3 is 1. The Bertz CT molecular complexity index is 1100. The van der Waals surface area contributed by atoms with Gasteiger partial charge in [0.2, 0.25) is 10.0 Å². The van der Waals surface area contributed by atoms with Crippen LogP contribution in [0, 0.1) is 0 Å². The number of sulfonamides is 1. The molecule has 1 saturated heterocycles. The zero-order valence-electron chi connectivity index (χ0n) is 18.3. The van der Waals surface area contributed by atoms with Gasteiger partial charge >= 0.3 is 0 Å². The average molecular weight is 472 g/mol. The lowest BCUT2D eigenvalue weighted by Gasteiger charge is -2.42. The van der Waals surface area contributed by atoms with Crippen LogP contribution in [-0.4, -0.2) is 52.6 Å². The SMILES string of the molecule is COc1ccccc1N1CCN([C@@H](c2cccs2)[C@H](C)NS(=O)(=O)c2ccccc2)CC1. The largest absolute Gasteiger partial charge is 0.495 e. The lowest BCUT2D eigenvalue weighted by Crippen LogP contribution is -2.52. The summed E-state index contributed by atoms with van der Waals surface area (Å²) in [6.07, 6.45) is 0. The molecule has 1 fully saturated rings. The number of rotatable bonds is 8. The van der Waals surface area contributed by atoms with Crippen molar-refractivity contribution in [3.63, 3.8) is 0 Å². The van der Waals surface area contributed by atoms with Gasteiger partial charge in [0.25, 0.3) is 0 Å². The van der Waals surface area contributed by atoms with Crippen molar-refractivity contribution in [3.8, 4) is 5.75 Å². The highest BCUT2D eigenvalue weighted by molar-refractivity contribution is 7.89. The minimum Gasteiger partial charge on any atom is -0.495 e. The van der Waals surface area contributed by atoms with Crippen molar-refractivity contribution in [1.29, 1.82) is 0 Å². The van der Waals surface area contributed by atoms with Gasteiger partial charge in [0, 0.05) is 37.1 Å². The van der Waals surface area contributed by atoms with E-state index in [9.17, 15) is 8.42 Å². The van der Waals surface area contributed by atoms with E-state index in [1.165, 1.54) is 4.88 Å². The minimum atomic E-state index is -3.60. The van der Waals surface area contributed by atoms with Crippen molar-refractivity contribution in [2.24, 2.45) is 0 Å². The van der Waals surface area contributed by atoms with Gasteiger partial charge in [-0.05, 0) is 42.6 Å². The Kier molecular flexibility index (Phi) is 7.15. The van der Waals surface area contributed by atoms with E-state index in [2.05, 4.69) is 26.7 Å². The van der Waals surface area contributed by atoms with Crippen LogP contribution in [0.15, 0.2) is 77.0 Å². The van der Waals surface area contributed by atoms with Crippen LogP contribution in [0.4, 0.5) is 5.69 Å². The summed E-state index contributed by atoms with van der Waals surface area (Å²) in [6.45, 7) is 5.31. The van der Waals surface area contributed by atoms with Crippen LogP contribution < -0.4 is 14.4 Å². The van der Waals surface area contributed by atoms with Crippen LogP contribution in [-0.2, 0) is 10.0 Å². The van der Waals surface area contributed by atoms with E-state index in [1.807, 2.05) is 42.6 Å². The number of ether oxygens (including phenoxy) is 1. The molecule has 1 aliphatic rings. The van der Waals surface area contributed by atoms with Crippen LogP contribution in [0.1, 0.15) is 17.8 Å². The standard InChI is InChI=1S/C24H29N3O3S2/c1-19(25-32(28,29)20-9-4-3-5-10-20)24(23-13-8-18-31-23)27-16-14-26(15-17-27)21-11-6-7-12-22(21)30-2/h3-13,18-19,24-25H,14-17H2,1-2H3/t19-,24+/m0/s1. The van der Waals surface area contributed by atoms with E-state index in [0.29, 0.717) is 0 Å². The maximum absolute atomic E-state index is 13.0. The number of nitrogens with zero attached hydrogens (tertiary/aromatic N) is 2. The van der Waals surface area contributed by atoms with Gasteiger partial charge in [0.15, 0.2) is 0 Å². The topological polar surface area (TPSA) is 61.9 Å². The van der Waals surface area contributed by atoms with Crippen molar-refractivity contribution >= 4 is 27.0 Å². The highest BCUT2D eigenvalue weighted by atomic mass is 32.2. The molecule has 3 aromatic rings. The summed E-state index contributed by atoms with van der Waals surface area (Å²) in [5, 5.41) is 2.05. The number of anilines is 1. The van der Waals surface area contributed by atoms with Gasteiger partial charge in [-0.15, -0.1) is 11.3 Å². The molecule has 1 aromatic heterocycles. The first-order valence-corrected chi connectivity index (χ1v) is 13.1. The molecule has 2 aromatic carbocycles. The molecule has 0 amide bonds.